The maximum atomic E-state index is 11.6. The lowest BCUT2D eigenvalue weighted by Gasteiger charge is -2.06. The van der Waals surface area contributed by atoms with Gasteiger partial charge in [-0.3, -0.25) is 0 Å². The van der Waals surface area contributed by atoms with Crippen molar-refractivity contribution in [1.29, 1.82) is 0 Å². The van der Waals surface area contributed by atoms with Gasteiger partial charge in [0.15, 0.2) is 5.16 Å². The Balaban J connectivity index is 2.05. The summed E-state index contributed by atoms with van der Waals surface area (Å²) >= 11 is 1.43. The van der Waals surface area contributed by atoms with Gasteiger partial charge in [-0.25, -0.2) is 19.7 Å². The van der Waals surface area contributed by atoms with Gasteiger partial charge in [-0.15, -0.1) is 0 Å². The number of nitrogens with two attached hydrogens (primary N) is 1. The number of nitrogens with zero attached hydrogens (tertiary/aromatic N) is 4. The fourth-order valence-electron chi connectivity index (χ4n) is 1.48. The monoisotopic (exact) mass is 293 g/mol. The van der Waals surface area contributed by atoms with E-state index >= 15 is 0 Å². The lowest BCUT2D eigenvalue weighted by atomic mass is 10.3. The van der Waals surface area contributed by atoms with Crippen LogP contribution in [-0.4, -0.2) is 32.1 Å². The van der Waals surface area contributed by atoms with Crippen LogP contribution in [0.15, 0.2) is 23.9 Å². The molecule has 0 spiro atoms. The predicted octanol–water partition coefficient (Wildman–Crippen LogP) is 1.26. The normalized spacial score (nSPS) is 10.5. The average Bonchev–Trinajstić information content (AvgIpc) is 2.82. The summed E-state index contributed by atoms with van der Waals surface area (Å²) in [4.78, 5) is 23.8. The minimum Gasteiger partial charge on any atom is -0.462 e. The number of anilines is 1. The number of imidazole rings is 1. The Bertz CT molecular complexity index is 614. The Morgan fingerprint density at radius 1 is 1.50 bits per heavy atom. The third kappa shape index (κ3) is 3.27. The number of rotatable bonds is 5. The number of ether oxygens (including phenoxy) is 1. The summed E-state index contributed by atoms with van der Waals surface area (Å²) in [6.45, 7) is 2.02. The van der Waals surface area contributed by atoms with E-state index in [-0.39, 0.29) is 18.0 Å². The lowest BCUT2D eigenvalue weighted by Crippen LogP contribution is -2.10. The minimum atomic E-state index is -0.506. The molecule has 7 nitrogen and oxygen atoms in total. The predicted molar refractivity (Wildman–Crippen MR) is 75.2 cm³/mol. The van der Waals surface area contributed by atoms with E-state index in [2.05, 4.69) is 15.0 Å². The molecule has 0 aliphatic heterocycles. The van der Waals surface area contributed by atoms with E-state index < -0.39 is 5.97 Å². The molecule has 0 saturated heterocycles. The molecule has 2 aromatic rings. The molecular weight excluding hydrogens is 278 g/mol. The minimum absolute atomic E-state index is 0.131. The Hall–Kier alpha value is -2.09. The highest BCUT2D eigenvalue weighted by Crippen LogP contribution is 2.20. The molecule has 0 amide bonds. The Kier molecular flexibility index (Phi) is 4.57. The summed E-state index contributed by atoms with van der Waals surface area (Å²) in [5, 5.41) is 0.511. The molecule has 0 bridgehead atoms. The van der Waals surface area contributed by atoms with Gasteiger partial charge in [-0.1, -0.05) is 11.8 Å². The SMILES string of the molecule is CCOC(=O)c1cnc(SCc2cncn2C)nc1N. The molecule has 0 atom stereocenters. The van der Waals surface area contributed by atoms with E-state index in [1.54, 1.807) is 19.4 Å². The largest absolute Gasteiger partial charge is 0.462 e. The van der Waals surface area contributed by atoms with Crippen LogP contribution >= 0.6 is 11.8 Å². The number of aryl methyl sites for hydroxylation is 1. The number of hydrogen-bond donors (Lipinski definition) is 1. The highest BCUT2D eigenvalue weighted by molar-refractivity contribution is 7.98. The summed E-state index contributed by atoms with van der Waals surface area (Å²) in [5.41, 5.74) is 6.99. The molecule has 0 unspecified atom stereocenters. The Labute approximate surface area is 120 Å². The van der Waals surface area contributed by atoms with Crippen LogP contribution in [0.3, 0.4) is 0 Å². The Morgan fingerprint density at radius 2 is 2.30 bits per heavy atom. The first-order valence-electron chi connectivity index (χ1n) is 5.99. The van der Waals surface area contributed by atoms with E-state index in [9.17, 15) is 4.79 Å². The van der Waals surface area contributed by atoms with E-state index in [0.717, 1.165) is 5.69 Å². The molecule has 2 aromatic heterocycles. The van der Waals surface area contributed by atoms with Gasteiger partial charge in [-0.2, -0.15) is 0 Å². The van der Waals surface area contributed by atoms with E-state index in [4.69, 9.17) is 10.5 Å². The van der Waals surface area contributed by atoms with Crippen molar-refractivity contribution in [1.82, 2.24) is 19.5 Å². The maximum absolute atomic E-state index is 11.6. The molecule has 2 heterocycles. The third-order valence-corrected chi connectivity index (χ3v) is 3.45. The molecular formula is C12H15N5O2S. The van der Waals surface area contributed by atoms with Crippen molar-refractivity contribution in [3.8, 4) is 0 Å². The fraction of sp³-hybridized carbons (Fsp3) is 0.333. The first kappa shape index (κ1) is 14.3. The van der Waals surface area contributed by atoms with Gasteiger partial charge < -0.3 is 15.0 Å². The molecule has 0 radical (unpaired) electrons. The van der Waals surface area contributed by atoms with Crippen molar-refractivity contribution in [2.75, 3.05) is 12.3 Å². The van der Waals surface area contributed by atoms with Crippen LogP contribution in [-0.2, 0) is 17.5 Å². The van der Waals surface area contributed by atoms with Gasteiger partial charge in [0.05, 0.1) is 12.9 Å². The first-order valence-corrected chi connectivity index (χ1v) is 6.98. The van der Waals surface area contributed by atoms with Gasteiger partial charge in [-0.05, 0) is 6.92 Å². The quantitative estimate of drug-likeness (QED) is 0.503. The summed E-state index contributed by atoms with van der Waals surface area (Å²) in [6, 6.07) is 0. The van der Waals surface area contributed by atoms with Crippen LogP contribution in [0.1, 0.15) is 23.0 Å². The van der Waals surface area contributed by atoms with Crippen LogP contribution in [0, 0.1) is 0 Å². The average molecular weight is 293 g/mol. The number of carbonyl (C=O) groups excluding carboxylic acids is 1. The fourth-order valence-corrected chi connectivity index (χ4v) is 2.32. The molecule has 0 saturated carbocycles. The summed E-state index contributed by atoms with van der Waals surface area (Å²) in [7, 11) is 1.92. The van der Waals surface area contributed by atoms with Gasteiger partial charge in [0.1, 0.15) is 11.4 Å². The van der Waals surface area contributed by atoms with Gasteiger partial charge in [0.2, 0.25) is 0 Å². The molecule has 106 valence electrons. The lowest BCUT2D eigenvalue weighted by molar-refractivity contribution is 0.0526. The van der Waals surface area contributed by atoms with E-state index in [1.807, 2.05) is 11.6 Å². The van der Waals surface area contributed by atoms with Gasteiger partial charge >= 0.3 is 5.97 Å². The standard InChI is InChI=1S/C12H15N5O2S/c1-3-19-11(18)9-5-15-12(16-10(9)13)20-6-8-4-14-7-17(8)2/h4-5,7H,3,6H2,1-2H3,(H2,13,15,16). The number of nitrogen functional groups attached to an aromatic ring is 1. The first-order chi connectivity index (χ1) is 9.61. The second-order valence-corrected chi connectivity index (χ2v) is 4.90. The van der Waals surface area contributed by atoms with Crippen molar-refractivity contribution in [2.45, 2.75) is 17.8 Å². The van der Waals surface area contributed by atoms with Crippen LogP contribution in [0.4, 0.5) is 5.82 Å². The van der Waals surface area contributed by atoms with Crippen LogP contribution in [0.25, 0.3) is 0 Å². The van der Waals surface area contributed by atoms with Gasteiger partial charge in [0, 0.05) is 30.9 Å². The van der Waals surface area contributed by atoms with Crippen molar-refractivity contribution >= 4 is 23.5 Å². The molecule has 20 heavy (non-hydrogen) atoms. The molecule has 0 fully saturated rings. The Morgan fingerprint density at radius 3 is 2.90 bits per heavy atom. The highest BCUT2D eigenvalue weighted by Gasteiger charge is 2.14. The zero-order valence-electron chi connectivity index (χ0n) is 11.2. The maximum Gasteiger partial charge on any atom is 0.343 e. The summed E-state index contributed by atoms with van der Waals surface area (Å²) in [5.74, 6) is 0.299. The molecule has 8 heteroatoms. The summed E-state index contributed by atoms with van der Waals surface area (Å²) < 4.78 is 6.79. The van der Waals surface area contributed by atoms with Crippen molar-refractivity contribution < 1.29 is 9.53 Å². The molecule has 2 N–H and O–H groups in total. The number of carbonyl (C=O) groups is 1. The van der Waals surface area contributed by atoms with E-state index in [1.165, 1.54) is 18.0 Å². The zero-order chi connectivity index (χ0) is 14.5. The van der Waals surface area contributed by atoms with Crippen molar-refractivity contribution in [3.05, 3.63) is 30.0 Å². The third-order valence-electron chi connectivity index (χ3n) is 2.56. The van der Waals surface area contributed by atoms with Crippen LogP contribution in [0.5, 0.6) is 0 Å². The number of esters is 1. The highest BCUT2D eigenvalue weighted by atomic mass is 32.2. The van der Waals surface area contributed by atoms with Crippen LogP contribution < -0.4 is 5.73 Å². The smallest absolute Gasteiger partial charge is 0.343 e. The molecule has 2 rings (SSSR count). The van der Waals surface area contributed by atoms with Crippen molar-refractivity contribution in [2.24, 2.45) is 7.05 Å². The molecule has 0 aliphatic rings. The van der Waals surface area contributed by atoms with Gasteiger partial charge in [0.25, 0.3) is 0 Å². The van der Waals surface area contributed by atoms with E-state index in [0.29, 0.717) is 10.9 Å². The number of hydrogen-bond acceptors (Lipinski definition) is 7. The second kappa shape index (κ2) is 6.38. The second-order valence-electron chi connectivity index (χ2n) is 3.96. The number of aromatic nitrogens is 4. The topological polar surface area (TPSA) is 95.9 Å². The van der Waals surface area contributed by atoms with Crippen molar-refractivity contribution in [3.63, 3.8) is 0 Å². The zero-order valence-corrected chi connectivity index (χ0v) is 12.1. The van der Waals surface area contributed by atoms with Crippen LogP contribution in [0.2, 0.25) is 0 Å². The molecule has 0 aliphatic carbocycles. The number of thioether (sulfide) groups is 1. The summed E-state index contributed by atoms with van der Waals surface area (Å²) in [6.07, 6.45) is 4.91. The molecule has 0 aromatic carbocycles.